The summed E-state index contributed by atoms with van der Waals surface area (Å²) in [6.45, 7) is 2.69. The van der Waals surface area contributed by atoms with Crippen LogP contribution in [0, 0.1) is 0 Å². The molecule has 0 N–H and O–H groups in total. The number of para-hydroxylation sites is 1. The van der Waals surface area contributed by atoms with Crippen molar-refractivity contribution in [3.8, 4) is 11.4 Å². The molecule has 5 rings (SSSR count). The van der Waals surface area contributed by atoms with Crippen LogP contribution < -0.4 is 0 Å². The summed E-state index contributed by atoms with van der Waals surface area (Å²) < 4.78 is 0. The number of fused-ring (bicyclic) bond motifs is 2. The summed E-state index contributed by atoms with van der Waals surface area (Å²) in [7, 11) is 0. The SMILES string of the molecule is c1ccc2nc(CN3CCc4nc(-c5ccncc5)ncc4C3)ccc2c1. The molecule has 0 saturated heterocycles. The highest BCUT2D eigenvalue weighted by Crippen LogP contribution is 2.22. The van der Waals surface area contributed by atoms with Gasteiger partial charge in [0.2, 0.25) is 0 Å². The van der Waals surface area contributed by atoms with Crippen molar-refractivity contribution in [1.82, 2.24) is 24.8 Å². The molecule has 132 valence electrons. The fourth-order valence-electron chi connectivity index (χ4n) is 3.58. The second-order valence-electron chi connectivity index (χ2n) is 6.86. The molecular weight excluding hydrogens is 334 g/mol. The summed E-state index contributed by atoms with van der Waals surface area (Å²) in [5.41, 5.74) is 5.53. The van der Waals surface area contributed by atoms with Crippen LogP contribution in [-0.2, 0) is 19.5 Å². The number of aromatic nitrogens is 4. The number of nitrogens with zero attached hydrogens (tertiary/aromatic N) is 5. The van der Waals surface area contributed by atoms with Gasteiger partial charge < -0.3 is 0 Å². The molecule has 0 atom stereocenters. The van der Waals surface area contributed by atoms with E-state index in [0.29, 0.717) is 0 Å². The van der Waals surface area contributed by atoms with Crippen molar-refractivity contribution in [3.63, 3.8) is 0 Å². The first-order chi connectivity index (χ1) is 13.3. The van der Waals surface area contributed by atoms with Crippen molar-refractivity contribution in [3.05, 3.63) is 84.1 Å². The summed E-state index contributed by atoms with van der Waals surface area (Å²) >= 11 is 0. The first kappa shape index (κ1) is 16.0. The van der Waals surface area contributed by atoms with E-state index in [9.17, 15) is 0 Å². The molecule has 0 spiro atoms. The van der Waals surface area contributed by atoms with Gasteiger partial charge in [-0.1, -0.05) is 24.3 Å². The van der Waals surface area contributed by atoms with Crippen molar-refractivity contribution >= 4 is 10.9 Å². The predicted octanol–water partition coefficient (Wildman–Crippen LogP) is 3.65. The van der Waals surface area contributed by atoms with Crippen molar-refractivity contribution in [2.45, 2.75) is 19.5 Å². The smallest absolute Gasteiger partial charge is 0.159 e. The molecule has 5 nitrogen and oxygen atoms in total. The molecule has 0 aliphatic carbocycles. The molecule has 0 saturated carbocycles. The van der Waals surface area contributed by atoms with E-state index in [-0.39, 0.29) is 0 Å². The van der Waals surface area contributed by atoms with Gasteiger partial charge in [-0.3, -0.25) is 14.9 Å². The highest BCUT2D eigenvalue weighted by molar-refractivity contribution is 5.78. The van der Waals surface area contributed by atoms with Crippen molar-refractivity contribution in [2.75, 3.05) is 6.54 Å². The fourth-order valence-corrected chi connectivity index (χ4v) is 3.58. The third kappa shape index (κ3) is 3.29. The normalized spacial score (nSPS) is 14.2. The monoisotopic (exact) mass is 353 g/mol. The van der Waals surface area contributed by atoms with Gasteiger partial charge in [0.15, 0.2) is 5.82 Å². The molecule has 1 aromatic carbocycles. The Balaban J connectivity index is 1.34. The third-order valence-corrected chi connectivity index (χ3v) is 4.99. The summed E-state index contributed by atoms with van der Waals surface area (Å²) in [6.07, 6.45) is 6.45. The van der Waals surface area contributed by atoms with E-state index in [0.717, 1.165) is 54.3 Å². The maximum absolute atomic E-state index is 4.80. The minimum absolute atomic E-state index is 0.779. The van der Waals surface area contributed by atoms with Crippen LogP contribution in [0.3, 0.4) is 0 Å². The Morgan fingerprint density at radius 2 is 1.81 bits per heavy atom. The zero-order valence-corrected chi connectivity index (χ0v) is 14.9. The second-order valence-corrected chi connectivity index (χ2v) is 6.86. The van der Waals surface area contributed by atoms with Gasteiger partial charge in [-0.15, -0.1) is 0 Å². The van der Waals surface area contributed by atoms with Gasteiger partial charge in [-0.25, -0.2) is 9.97 Å². The Kier molecular flexibility index (Phi) is 4.07. The molecule has 1 aliphatic heterocycles. The first-order valence-electron chi connectivity index (χ1n) is 9.17. The molecule has 0 radical (unpaired) electrons. The zero-order chi connectivity index (χ0) is 18.1. The van der Waals surface area contributed by atoms with Crippen molar-refractivity contribution in [2.24, 2.45) is 0 Å². The molecule has 1 aliphatic rings. The minimum Gasteiger partial charge on any atom is -0.293 e. The van der Waals surface area contributed by atoms with E-state index < -0.39 is 0 Å². The molecule has 0 bridgehead atoms. The summed E-state index contributed by atoms with van der Waals surface area (Å²) in [5.74, 6) is 0.779. The predicted molar refractivity (Wildman–Crippen MR) is 105 cm³/mol. The quantitative estimate of drug-likeness (QED) is 0.563. The van der Waals surface area contributed by atoms with Crippen molar-refractivity contribution in [1.29, 1.82) is 0 Å². The van der Waals surface area contributed by atoms with E-state index in [1.807, 2.05) is 30.5 Å². The summed E-state index contributed by atoms with van der Waals surface area (Å²) in [6, 6.07) is 16.4. The fraction of sp³-hybridized carbons (Fsp3) is 0.182. The van der Waals surface area contributed by atoms with E-state index >= 15 is 0 Å². The lowest BCUT2D eigenvalue weighted by Gasteiger charge is -2.27. The van der Waals surface area contributed by atoms with Gasteiger partial charge in [0, 0.05) is 61.2 Å². The average molecular weight is 353 g/mol. The number of hydrogen-bond acceptors (Lipinski definition) is 5. The Morgan fingerprint density at radius 3 is 2.74 bits per heavy atom. The summed E-state index contributed by atoms with van der Waals surface area (Å²) in [4.78, 5) is 20.6. The Morgan fingerprint density at radius 1 is 0.926 bits per heavy atom. The maximum Gasteiger partial charge on any atom is 0.159 e. The molecule has 0 amide bonds. The van der Waals surface area contributed by atoms with Crippen LogP contribution in [0.2, 0.25) is 0 Å². The molecule has 0 unspecified atom stereocenters. The lowest BCUT2D eigenvalue weighted by molar-refractivity contribution is 0.240. The van der Waals surface area contributed by atoms with E-state index in [4.69, 9.17) is 9.97 Å². The lowest BCUT2D eigenvalue weighted by Crippen LogP contribution is -2.31. The van der Waals surface area contributed by atoms with Gasteiger partial charge >= 0.3 is 0 Å². The Bertz CT molecular complexity index is 1090. The molecular formula is C22H19N5. The van der Waals surface area contributed by atoms with Crippen LogP contribution >= 0.6 is 0 Å². The zero-order valence-electron chi connectivity index (χ0n) is 14.9. The Hall–Kier alpha value is -3.18. The molecule has 3 aromatic heterocycles. The first-order valence-corrected chi connectivity index (χ1v) is 9.17. The largest absolute Gasteiger partial charge is 0.293 e. The number of pyridine rings is 2. The third-order valence-electron chi connectivity index (χ3n) is 4.99. The number of benzene rings is 1. The van der Waals surface area contributed by atoms with Crippen LogP contribution in [0.25, 0.3) is 22.3 Å². The standard InChI is InChI=1S/C22H19N5/c1-2-4-20-16(3-1)5-6-19(25-20)15-27-12-9-21-18(14-27)13-24-22(26-21)17-7-10-23-11-8-17/h1-8,10-11,13H,9,12,14-15H2. The van der Waals surface area contributed by atoms with Crippen LogP contribution in [0.4, 0.5) is 0 Å². The van der Waals surface area contributed by atoms with Gasteiger partial charge in [0.25, 0.3) is 0 Å². The second kappa shape index (κ2) is 6.85. The highest BCUT2D eigenvalue weighted by atomic mass is 15.1. The molecule has 4 heterocycles. The molecule has 4 aromatic rings. The van der Waals surface area contributed by atoms with Gasteiger partial charge in [-0.2, -0.15) is 0 Å². The Labute approximate surface area is 157 Å². The maximum atomic E-state index is 4.80. The van der Waals surface area contributed by atoms with Crippen LogP contribution in [0.15, 0.2) is 67.1 Å². The van der Waals surface area contributed by atoms with E-state index in [2.05, 4.69) is 39.1 Å². The van der Waals surface area contributed by atoms with E-state index in [1.54, 1.807) is 12.4 Å². The highest BCUT2D eigenvalue weighted by Gasteiger charge is 2.19. The lowest BCUT2D eigenvalue weighted by atomic mass is 10.1. The van der Waals surface area contributed by atoms with Gasteiger partial charge in [0.05, 0.1) is 16.9 Å². The molecule has 27 heavy (non-hydrogen) atoms. The van der Waals surface area contributed by atoms with Crippen molar-refractivity contribution < 1.29 is 0 Å². The summed E-state index contributed by atoms with van der Waals surface area (Å²) in [5, 5.41) is 1.18. The minimum atomic E-state index is 0.779. The van der Waals surface area contributed by atoms with Crippen LogP contribution in [-0.4, -0.2) is 31.4 Å². The van der Waals surface area contributed by atoms with Gasteiger partial charge in [0.1, 0.15) is 0 Å². The van der Waals surface area contributed by atoms with Crippen LogP contribution in [0.1, 0.15) is 17.0 Å². The molecule has 5 heteroatoms. The van der Waals surface area contributed by atoms with Gasteiger partial charge in [-0.05, 0) is 24.3 Å². The number of hydrogen-bond donors (Lipinski definition) is 0. The number of rotatable bonds is 3. The molecule has 0 fully saturated rings. The van der Waals surface area contributed by atoms with E-state index in [1.165, 1.54) is 10.9 Å². The van der Waals surface area contributed by atoms with Crippen LogP contribution in [0.5, 0.6) is 0 Å². The topological polar surface area (TPSA) is 54.8 Å². The average Bonchev–Trinajstić information content (AvgIpc) is 2.74.